The average molecular weight is 316 g/mol. The molecule has 0 aromatic carbocycles. The van der Waals surface area contributed by atoms with E-state index in [-0.39, 0.29) is 11.4 Å². The van der Waals surface area contributed by atoms with Gasteiger partial charge in [-0.25, -0.2) is 9.59 Å². The van der Waals surface area contributed by atoms with Crippen LogP contribution in [0.15, 0.2) is 0 Å². The Bertz CT molecular complexity index is 366. The first-order valence-electron chi connectivity index (χ1n) is 7.70. The van der Waals surface area contributed by atoms with Gasteiger partial charge < -0.3 is 10.4 Å². The molecule has 1 aliphatic rings. The van der Waals surface area contributed by atoms with E-state index >= 15 is 0 Å². The largest absolute Gasteiger partial charge is 0.480 e. The summed E-state index contributed by atoms with van der Waals surface area (Å²) >= 11 is 1.55. The Kier molecular flexibility index (Phi) is 6.84. The molecule has 1 aliphatic heterocycles. The summed E-state index contributed by atoms with van der Waals surface area (Å²) in [4.78, 5) is 25.2. The van der Waals surface area contributed by atoms with E-state index in [2.05, 4.69) is 33.0 Å². The van der Waals surface area contributed by atoms with Crippen molar-refractivity contribution >= 4 is 23.8 Å². The van der Waals surface area contributed by atoms with Gasteiger partial charge >= 0.3 is 12.0 Å². The first-order chi connectivity index (χ1) is 9.79. The van der Waals surface area contributed by atoms with Crippen LogP contribution in [0.4, 0.5) is 4.79 Å². The SMILES string of the molecule is CCC1SCC(C(=O)O)N1C(=O)NCC(C(C)C)C(C)C. The molecule has 1 heterocycles. The van der Waals surface area contributed by atoms with E-state index in [9.17, 15) is 14.7 Å². The zero-order chi connectivity index (χ0) is 16.2. The summed E-state index contributed by atoms with van der Waals surface area (Å²) in [5, 5.41) is 12.2. The molecule has 0 bridgehead atoms. The lowest BCUT2D eigenvalue weighted by atomic mass is 9.85. The lowest BCUT2D eigenvalue weighted by Gasteiger charge is -2.30. The minimum absolute atomic E-state index is 0.0392. The van der Waals surface area contributed by atoms with Crippen LogP contribution in [0.2, 0.25) is 0 Å². The number of carboxylic acid groups (broad SMARTS) is 1. The van der Waals surface area contributed by atoms with E-state index in [1.165, 1.54) is 4.90 Å². The maximum atomic E-state index is 12.4. The van der Waals surface area contributed by atoms with Gasteiger partial charge in [-0.3, -0.25) is 4.90 Å². The maximum Gasteiger partial charge on any atom is 0.327 e. The summed E-state index contributed by atoms with van der Waals surface area (Å²) in [5.41, 5.74) is 0. The molecule has 6 heteroatoms. The standard InChI is InChI=1S/C15H28N2O3S/c1-6-13-17(12(8-21-13)14(18)19)15(20)16-7-11(9(2)3)10(4)5/h9-13H,6-8H2,1-5H3,(H,16,20)(H,18,19). The molecule has 0 spiro atoms. The smallest absolute Gasteiger partial charge is 0.327 e. The molecule has 2 amide bonds. The molecule has 5 nitrogen and oxygen atoms in total. The van der Waals surface area contributed by atoms with Gasteiger partial charge in [0.05, 0.1) is 5.37 Å². The van der Waals surface area contributed by atoms with Crippen molar-refractivity contribution in [1.29, 1.82) is 0 Å². The first-order valence-corrected chi connectivity index (χ1v) is 8.75. The number of nitrogens with one attached hydrogen (secondary N) is 1. The van der Waals surface area contributed by atoms with Gasteiger partial charge in [0.2, 0.25) is 0 Å². The van der Waals surface area contributed by atoms with Crippen LogP contribution in [-0.4, -0.2) is 45.7 Å². The number of carbonyl (C=O) groups excluding carboxylic acids is 1. The number of carboxylic acids is 1. The van der Waals surface area contributed by atoms with Gasteiger partial charge in [-0.15, -0.1) is 11.8 Å². The lowest BCUT2D eigenvalue weighted by molar-refractivity contribution is -0.141. The van der Waals surface area contributed by atoms with Gasteiger partial charge in [0.1, 0.15) is 6.04 Å². The van der Waals surface area contributed by atoms with Crippen molar-refractivity contribution in [1.82, 2.24) is 10.2 Å². The Hall–Kier alpha value is -0.910. The van der Waals surface area contributed by atoms with Gasteiger partial charge in [-0.2, -0.15) is 0 Å². The quantitative estimate of drug-likeness (QED) is 0.790. The van der Waals surface area contributed by atoms with Gasteiger partial charge in [0.25, 0.3) is 0 Å². The number of thioether (sulfide) groups is 1. The minimum Gasteiger partial charge on any atom is -0.480 e. The number of hydrogen-bond donors (Lipinski definition) is 2. The number of rotatable bonds is 6. The van der Waals surface area contributed by atoms with Gasteiger partial charge in [0.15, 0.2) is 0 Å². The second-order valence-electron chi connectivity index (χ2n) is 6.30. The Morgan fingerprint density at radius 2 is 1.86 bits per heavy atom. The summed E-state index contributed by atoms with van der Waals surface area (Å²) < 4.78 is 0. The number of amides is 2. The molecule has 122 valence electrons. The summed E-state index contributed by atoms with van der Waals surface area (Å²) in [7, 11) is 0. The Balaban J connectivity index is 2.69. The normalized spacial score (nSPS) is 22.4. The minimum atomic E-state index is -0.919. The highest BCUT2D eigenvalue weighted by molar-refractivity contribution is 8.00. The van der Waals surface area contributed by atoms with Crippen molar-refractivity contribution in [2.24, 2.45) is 17.8 Å². The second-order valence-corrected chi connectivity index (χ2v) is 7.51. The number of aliphatic carboxylic acids is 1. The number of carbonyl (C=O) groups is 2. The van der Waals surface area contributed by atoms with Gasteiger partial charge in [-0.1, -0.05) is 34.6 Å². The van der Waals surface area contributed by atoms with Crippen LogP contribution in [0.25, 0.3) is 0 Å². The molecule has 0 radical (unpaired) electrons. The Labute approximate surface area is 131 Å². The van der Waals surface area contributed by atoms with Crippen LogP contribution in [0.5, 0.6) is 0 Å². The third-order valence-corrected chi connectivity index (χ3v) is 5.62. The third kappa shape index (κ3) is 4.53. The highest BCUT2D eigenvalue weighted by atomic mass is 32.2. The molecule has 21 heavy (non-hydrogen) atoms. The van der Waals surface area contributed by atoms with Crippen LogP contribution in [0.3, 0.4) is 0 Å². The van der Waals surface area contributed by atoms with E-state index in [1.54, 1.807) is 11.8 Å². The molecule has 1 rings (SSSR count). The molecular weight excluding hydrogens is 288 g/mol. The number of hydrogen-bond acceptors (Lipinski definition) is 3. The molecule has 0 aromatic rings. The van der Waals surface area contributed by atoms with E-state index < -0.39 is 12.0 Å². The van der Waals surface area contributed by atoms with Crippen molar-refractivity contribution in [3.8, 4) is 0 Å². The molecular formula is C15H28N2O3S. The van der Waals surface area contributed by atoms with Crippen molar-refractivity contribution in [2.45, 2.75) is 52.5 Å². The predicted molar refractivity (Wildman–Crippen MR) is 86.4 cm³/mol. The molecule has 0 saturated carbocycles. The number of urea groups is 1. The first kappa shape index (κ1) is 18.1. The molecule has 1 saturated heterocycles. The fraction of sp³-hybridized carbons (Fsp3) is 0.867. The summed E-state index contributed by atoms with van der Waals surface area (Å²) in [6.07, 6.45) is 0.764. The molecule has 2 atom stereocenters. The van der Waals surface area contributed by atoms with Crippen molar-refractivity contribution in [3.63, 3.8) is 0 Å². The van der Waals surface area contributed by atoms with Crippen LogP contribution in [-0.2, 0) is 4.79 Å². The average Bonchev–Trinajstić information content (AvgIpc) is 2.81. The monoisotopic (exact) mass is 316 g/mol. The summed E-state index contributed by atoms with van der Waals surface area (Å²) in [6, 6.07) is -0.956. The van der Waals surface area contributed by atoms with E-state index in [1.807, 2.05) is 6.92 Å². The zero-order valence-corrected chi connectivity index (χ0v) is 14.4. The molecule has 2 N–H and O–H groups in total. The predicted octanol–water partition coefficient (Wildman–Crippen LogP) is 2.86. The summed E-state index contributed by atoms with van der Waals surface area (Å²) in [6.45, 7) is 11.2. The molecule has 2 unspecified atom stereocenters. The van der Waals surface area contributed by atoms with Crippen molar-refractivity contribution in [3.05, 3.63) is 0 Å². The molecule has 1 fully saturated rings. The van der Waals surface area contributed by atoms with Crippen LogP contribution in [0.1, 0.15) is 41.0 Å². The van der Waals surface area contributed by atoms with Crippen molar-refractivity contribution < 1.29 is 14.7 Å². The molecule has 0 aromatic heterocycles. The Morgan fingerprint density at radius 3 is 2.29 bits per heavy atom. The zero-order valence-electron chi connectivity index (χ0n) is 13.6. The van der Waals surface area contributed by atoms with E-state index in [4.69, 9.17) is 0 Å². The highest BCUT2D eigenvalue weighted by Gasteiger charge is 2.40. The van der Waals surface area contributed by atoms with Crippen LogP contribution >= 0.6 is 11.8 Å². The lowest BCUT2D eigenvalue weighted by Crippen LogP contribution is -2.51. The van der Waals surface area contributed by atoms with Crippen LogP contribution < -0.4 is 5.32 Å². The highest BCUT2D eigenvalue weighted by Crippen LogP contribution is 2.31. The fourth-order valence-electron chi connectivity index (χ4n) is 2.88. The van der Waals surface area contributed by atoms with Crippen LogP contribution in [0, 0.1) is 17.8 Å². The van der Waals surface area contributed by atoms with Crippen molar-refractivity contribution in [2.75, 3.05) is 12.3 Å². The number of nitrogens with zero attached hydrogens (tertiary/aromatic N) is 1. The summed E-state index contributed by atoms with van der Waals surface area (Å²) in [5.74, 6) is 0.912. The Morgan fingerprint density at radius 1 is 1.29 bits per heavy atom. The fourth-order valence-corrected chi connectivity index (χ4v) is 4.22. The second kappa shape index (κ2) is 7.92. The third-order valence-electron chi connectivity index (χ3n) is 4.16. The van der Waals surface area contributed by atoms with Gasteiger partial charge in [-0.05, 0) is 24.2 Å². The topological polar surface area (TPSA) is 69.6 Å². The van der Waals surface area contributed by atoms with Gasteiger partial charge in [0, 0.05) is 12.3 Å². The van der Waals surface area contributed by atoms with E-state index in [0.717, 1.165) is 6.42 Å². The van der Waals surface area contributed by atoms with E-state index in [0.29, 0.717) is 30.1 Å². The maximum absolute atomic E-state index is 12.4. The molecule has 0 aliphatic carbocycles.